The Morgan fingerprint density at radius 1 is 1.14 bits per heavy atom. The molecular formula is C23H25N3O3. The number of ether oxygens (including phenoxy) is 1. The number of carbonyl (C=O) groups excluding carboxylic acids is 2. The maximum absolute atomic E-state index is 12.1. The summed E-state index contributed by atoms with van der Waals surface area (Å²) in [6.45, 7) is 0. The summed E-state index contributed by atoms with van der Waals surface area (Å²) in [5, 5.41) is 3.77. The van der Waals surface area contributed by atoms with Crippen LogP contribution in [0.2, 0.25) is 0 Å². The summed E-state index contributed by atoms with van der Waals surface area (Å²) < 4.78 is 5.32. The highest BCUT2D eigenvalue weighted by Gasteiger charge is 2.29. The smallest absolute Gasteiger partial charge is 0.404 e. The number of aromatic amines is 1. The lowest BCUT2D eigenvalue weighted by atomic mass is 9.80. The molecule has 29 heavy (non-hydrogen) atoms. The number of carbonyl (C=O) groups is 2. The van der Waals surface area contributed by atoms with Gasteiger partial charge in [-0.05, 0) is 54.9 Å². The Morgan fingerprint density at radius 3 is 2.66 bits per heavy atom. The lowest BCUT2D eigenvalue weighted by Crippen LogP contribution is -2.27. The van der Waals surface area contributed by atoms with Crippen LogP contribution in [0.3, 0.4) is 0 Å². The molecule has 1 aliphatic rings. The van der Waals surface area contributed by atoms with E-state index in [-0.39, 0.29) is 17.9 Å². The normalized spacial score (nSPS) is 19.1. The van der Waals surface area contributed by atoms with Gasteiger partial charge >= 0.3 is 6.09 Å². The average molecular weight is 391 g/mol. The van der Waals surface area contributed by atoms with Gasteiger partial charge in [0.1, 0.15) is 6.10 Å². The van der Waals surface area contributed by atoms with Gasteiger partial charge in [-0.15, -0.1) is 0 Å². The maximum atomic E-state index is 12.1. The summed E-state index contributed by atoms with van der Waals surface area (Å²) in [6, 6.07) is 15.9. The van der Waals surface area contributed by atoms with Crippen molar-refractivity contribution in [3.63, 3.8) is 0 Å². The number of amides is 2. The van der Waals surface area contributed by atoms with Crippen molar-refractivity contribution < 1.29 is 14.3 Å². The third-order valence-electron chi connectivity index (χ3n) is 5.71. The van der Waals surface area contributed by atoms with Crippen molar-refractivity contribution >= 4 is 22.9 Å². The van der Waals surface area contributed by atoms with Gasteiger partial charge in [0.05, 0.1) is 0 Å². The second-order valence-corrected chi connectivity index (χ2v) is 7.54. The Hall–Kier alpha value is -3.28. The van der Waals surface area contributed by atoms with E-state index in [9.17, 15) is 9.59 Å². The molecule has 6 heteroatoms. The number of H-pyrrole nitrogens is 1. The van der Waals surface area contributed by atoms with E-state index in [2.05, 4.69) is 22.4 Å². The molecule has 4 N–H and O–H groups in total. The van der Waals surface area contributed by atoms with Crippen molar-refractivity contribution in [3.8, 4) is 11.3 Å². The summed E-state index contributed by atoms with van der Waals surface area (Å²) in [4.78, 5) is 26.9. The molecular weight excluding hydrogens is 366 g/mol. The number of hydrogen-bond acceptors (Lipinski definition) is 3. The first-order valence-corrected chi connectivity index (χ1v) is 9.96. The highest BCUT2D eigenvalue weighted by atomic mass is 16.6. The number of fused-ring (bicyclic) bond motifs is 1. The Kier molecular flexibility index (Phi) is 5.25. The van der Waals surface area contributed by atoms with Crippen LogP contribution in [-0.4, -0.2) is 30.1 Å². The van der Waals surface area contributed by atoms with Gasteiger partial charge in [-0.25, -0.2) is 4.79 Å². The van der Waals surface area contributed by atoms with Crippen LogP contribution < -0.4 is 11.1 Å². The van der Waals surface area contributed by atoms with Gasteiger partial charge < -0.3 is 20.8 Å². The highest BCUT2D eigenvalue weighted by molar-refractivity contribution is 6.00. The van der Waals surface area contributed by atoms with Crippen LogP contribution in [0.1, 0.15) is 47.5 Å². The molecule has 3 aromatic rings. The van der Waals surface area contributed by atoms with Gasteiger partial charge in [-0.1, -0.05) is 36.4 Å². The molecule has 1 aliphatic carbocycles. The minimum Gasteiger partial charge on any atom is -0.446 e. The molecule has 1 heterocycles. The molecule has 1 saturated carbocycles. The molecule has 2 atom stereocenters. The number of primary amides is 1. The fraction of sp³-hybridized carbons (Fsp3) is 0.304. The van der Waals surface area contributed by atoms with Gasteiger partial charge in [0.15, 0.2) is 0 Å². The minimum absolute atomic E-state index is 0.114. The number of nitrogens with one attached hydrogen (secondary N) is 2. The molecule has 4 rings (SSSR count). The third-order valence-corrected chi connectivity index (χ3v) is 5.71. The van der Waals surface area contributed by atoms with Crippen LogP contribution in [-0.2, 0) is 4.74 Å². The number of nitrogens with two attached hydrogens (primary N) is 1. The lowest BCUT2D eigenvalue weighted by molar-refractivity contribution is 0.0771. The summed E-state index contributed by atoms with van der Waals surface area (Å²) in [7, 11) is 1.63. The fourth-order valence-corrected chi connectivity index (χ4v) is 4.44. The first-order chi connectivity index (χ1) is 14.1. The van der Waals surface area contributed by atoms with Crippen molar-refractivity contribution in [1.29, 1.82) is 0 Å². The van der Waals surface area contributed by atoms with Crippen LogP contribution >= 0.6 is 0 Å². The number of hydrogen-bond donors (Lipinski definition) is 3. The molecule has 2 amide bonds. The average Bonchev–Trinajstić information content (AvgIpc) is 3.12. The first-order valence-electron chi connectivity index (χ1n) is 9.96. The standard InChI is InChI=1S/C23H25N3O3/c1-25-22(27)16-10-11-18-19(13-16)26-21(14-6-3-2-4-7-14)20(18)15-8-5-9-17(12-15)29-23(24)28/h2-4,6-7,10-11,13,15,17,26H,5,8-9,12H2,1H3,(H2,24,28)(H,25,27). The Labute approximate surface area is 169 Å². The van der Waals surface area contributed by atoms with Crippen LogP contribution in [0, 0.1) is 0 Å². The van der Waals surface area contributed by atoms with Crippen molar-refractivity contribution in [1.82, 2.24) is 10.3 Å². The molecule has 0 saturated heterocycles. The number of aromatic nitrogens is 1. The zero-order valence-electron chi connectivity index (χ0n) is 16.4. The summed E-state index contributed by atoms with van der Waals surface area (Å²) >= 11 is 0. The molecule has 150 valence electrons. The van der Waals surface area contributed by atoms with E-state index in [1.54, 1.807) is 7.05 Å². The molecule has 0 aliphatic heterocycles. The van der Waals surface area contributed by atoms with Crippen LogP contribution in [0.5, 0.6) is 0 Å². The van der Waals surface area contributed by atoms with E-state index in [1.165, 1.54) is 5.56 Å². The SMILES string of the molecule is CNC(=O)c1ccc2c(C3CCCC(OC(N)=O)C3)c(-c3ccccc3)[nH]c2c1. The predicted octanol–water partition coefficient (Wildman–Crippen LogP) is 4.32. The zero-order valence-corrected chi connectivity index (χ0v) is 16.4. The third kappa shape index (κ3) is 3.83. The van der Waals surface area contributed by atoms with E-state index in [0.29, 0.717) is 5.56 Å². The molecule has 2 unspecified atom stereocenters. The predicted molar refractivity (Wildman–Crippen MR) is 113 cm³/mol. The van der Waals surface area contributed by atoms with E-state index >= 15 is 0 Å². The Bertz CT molecular complexity index is 1040. The maximum Gasteiger partial charge on any atom is 0.404 e. The van der Waals surface area contributed by atoms with E-state index in [0.717, 1.165) is 47.8 Å². The largest absolute Gasteiger partial charge is 0.446 e. The van der Waals surface area contributed by atoms with Crippen LogP contribution in [0.25, 0.3) is 22.2 Å². The van der Waals surface area contributed by atoms with Crippen molar-refractivity contribution in [2.24, 2.45) is 5.73 Å². The summed E-state index contributed by atoms with van der Waals surface area (Å²) in [5.41, 5.74) is 10.2. The quantitative estimate of drug-likeness (QED) is 0.618. The molecule has 0 bridgehead atoms. The van der Waals surface area contributed by atoms with Gasteiger partial charge in [-0.2, -0.15) is 0 Å². The van der Waals surface area contributed by atoms with E-state index in [1.807, 2.05) is 36.4 Å². The second kappa shape index (κ2) is 7.99. The minimum atomic E-state index is -0.715. The Morgan fingerprint density at radius 2 is 1.93 bits per heavy atom. The van der Waals surface area contributed by atoms with Crippen LogP contribution in [0.4, 0.5) is 4.79 Å². The molecule has 1 aromatic heterocycles. The molecule has 6 nitrogen and oxygen atoms in total. The second-order valence-electron chi connectivity index (χ2n) is 7.54. The van der Waals surface area contributed by atoms with Gasteiger partial charge in [-0.3, -0.25) is 4.79 Å². The van der Waals surface area contributed by atoms with Gasteiger partial charge in [0.25, 0.3) is 5.91 Å². The highest BCUT2D eigenvalue weighted by Crippen LogP contribution is 2.43. The first kappa shape index (κ1) is 19.1. The van der Waals surface area contributed by atoms with E-state index < -0.39 is 6.09 Å². The number of benzene rings is 2. The van der Waals surface area contributed by atoms with Crippen molar-refractivity contribution in [2.45, 2.75) is 37.7 Å². The van der Waals surface area contributed by atoms with E-state index in [4.69, 9.17) is 10.5 Å². The number of rotatable bonds is 4. The Balaban J connectivity index is 1.82. The van der Waals surface area contributed by atoms with Gasteiger partial charge in [0, 0.05) is 29.2 Å². The lowest BCUT2D eigenvalue weighted by Gasteiger charge is -2.29. The molecule has 0 spiro atoms. The summed E-state index contributed by atoms with van der Waals surface area (Å²) in [5.74, 6) is 0.125. The zero-order chi connectivity index (χ0) is 20.4. The fourth-order valence-electron chi connectivity index (χ4n) is 4.44. The topological polar surface area (TPSA) is 97.2 Å². The van der Waals surface area contributed by atoms with Gasteiger partial charge in [0.2, 0.25) is 0 Å². The summed E-state index contributed by atoms with van der Waals surface area (Å²) in [6.07, 6.45) is 2.69. The monoisotopic (exact) mass is 391 g/mol. The van der Waals surface area contributed by atoms with Crippen LogP contribution in [0.15, 0.2) is 48.5 Å². The van der Waals surface area contributed by atoms with Crippen molar-refractivity contribution in [3.05, 3.63) is 59.7 Å². The molecule has 0 radical (unpaired) electrons. The van der Waals surface area contributed by atoms with Crippen molar-refractivity contribution in [2.75, 3.05) is 7.05 Å². The molecule has 1 fully saturated rings. The molecule has 2 aromatic carbocycles.